The minimum Gasteiger partial charge on any atom is -0.329 e. The molecule has 7 heteroatoms. The van der Waals surface area contributed by atoms with Gasteiger partial charge in [0.1, 0.15) is 5.69 Å². The van der Waals surface area contributed by atoms with Gasteiger partial charge in [0.25, 0.3) is 5.91 Å². The van der Waals surface area contributed by atoms with Crippen LogP contribution in [-0.2, 0) is 13.6 Å². The van der Waals surface area contributed by atoms with Gasteiger partial charge in [-0.05, 0) is 25.8 Å². The van der Waals surface area contributed by atoms with Crippen LogP contribution in [-0.4, -0.2) is 36.9 Å². The number of amides is 1. The highest BCUT2D eigenvalue weighted by Gasteiger charge is 2.34. The maximum Gasteiger partial charge on any atom is 0.274 e. The highest BCUT2D eigenvalue weighted by atomic mass is 35.5. The second kappa shape index (κ2) is 5.52. The van der Waals surface area contributed by atoms with E-state index in [0.717, 1.165) is 31.6 Å². The first kappa shape index (κ1) is 14.1. The van der Waals surface area contributed by atoms with E-state index >= 15 is 0 Å². The van der Waals surface area contributed by atoms with Gasteiger partial charge in [0.05, 0.1) is 23.0 Å². The Balaban J connectivity index is 1.93. The predicted octanol–water partition coefficient (Wildman–Crippen LogP) is 2.27. The van der Waals surface area contributed by atoms with Gasteiger partial charge in [0.2, 0.25) is 0 Å². The average molecular weight is 308 g/mol. The number of aromatic nitrogens is 4. The largest absolute Gasteiger partial charge is 0.329 e. The lowest BCUT2D eigenvalue weighted by Gasteiger charge is -2.25. The number of likely N-dealkylation sites (tertiary alicyclic amines) is 1. The van der Waals surface area contributed by atoms with Crippen molar-refractivity contribution in [3.05, 3.63) is 34.9 Å². The number of nitrogens with zero attached hydrogens (tertiary/aromatic N) is 5. The van der Waals surface area contributed by atoms with Crippen LogP contribution in [0.25, 0.3) is 0 Å². The Morgan fingerprint density at radius 2 is 2.29 bits per heavy atom. The number of hydrogen-bond donors (Lipinski definition) is 0. The van der Waals surface area contributed by atoms with Gasteiger partial charge in [-0.3, -0.25) is 14.2 Å². The van der Waals surface area contributed by atoms with Crippen molar-refractivity contribution in [2.45, 2.75) is 32.4 Å². The molecule has 0 spiro atoms. The van der Waals surface area contributed by atoms with Crippen molar-refractivity contribution in [3.8, 4) is 0 Å². The Hall–Kier alpha value is -1.82. The summed E-state index contributed by atoms with van der Waals surface area (Å²) in [4.78, 5) is 14.7. The number of rotatable bonds is 3. The van der Waals surface area contributed by atoms with Crippen molar-refractivity contribution < 1.29 is 4.79 Å². The number of halogens is 1. The molecule has 1 unspecified atom stereocenters. The number of aryl methyl sites for hydroxylation is 2. The summed E-state index contributed by atoms with van der Waals surface area (Å²) in [5.74, 6) is -0.0636. The van der Waals surface area contributed by atoms with Crippen molar-refractivity contribution in [1.29, 1.82) is 0 Å². The molecule has 3 rings (SSSR count). The summed E-state index contributed by atoms with van der Waals surface area (Å²) < 4.78 is 3.48. The second-order valence-electron chi connectivity index (χ2n) is 5.19. The maximum atomic E-state index is 12.8. The quantitative estimate of drug-likeness (QED) is 0.874. The molecule has 1 aliphatic rings. The molecule has 0 saturated carbocycles. The van der Waals surface area contributed by atoms with E-state index in [4.69, 9.17) is 11.6 Å². The molecule has 112 valence electrons. The van der Waals surface area contributed by atoms with E-state index in [1.54, 1.807) is 13.2 Å². The normalized spacial score (nSPS) is 18.4. The van der Waals surface area contributed by atoms with Crippen molar-refractivity contribution in [1.82, 2.24) is 24.5 Å². The molecule has 1 fully saturated rings. The lowest BCUT2D eigenvalue weighted by molar-refractivity contribution is 0.0719. The first-order valence-electron chi connectivity index (χ1n) is 7.13. The van der Waals surface area contributed by atoms with Crippen LogP contribution < -0.4 is 0 Å². The monoisotopic (exact) mass is 307 g/mol. The zero-order chi connectivity index (χ0) is 15.0. The molecule has 3 heterocycles. The summed E-state index contributed by atoms with van der Waals surface area (Å²) in [5.41, 5.74) is 1.53. The van der Waals surface area contributed by atoms with Crippen LogP contribution in [0.2, 0.25) is 5.02 Å². The third-order valence-electron chi connectivity index (χ3n) is 4.00. The molecule has 21 heavy (non-hydrogen) atoms. The van der Waals surface area contributed by atoms with Crippen LogP contribution in [0.4, 0.5) is 0 Å². The molecular weight excluding hydrogens is 290 g/mol. The summed E-state index contributed by atoms with van der Waals surface area (Å²) in [7, 11) is 1.74. The lowest BCUT2D eigenvalue weighted by Crippen LogP contribution is -2.33. The highest BCUT2D eigenvalue weighted by molar-refractivity contribution is 6.33. The first-order chi connectivity index (χ1) is 10.1. The van der Waals surface area contributed by atoms with E-state index in [1.807, 2.05) is 15.6 Å². The minimum absolute atomic E-state index is 0.0610. The minimum atomic E-state index is -0.0636. The summed E-state index contributed by atoms with van der Waals surface area (Å²) in [6.07, 6.45) is 5.24. The molecule has 0 radical (unpaired) electrons. The van der Waals surface area contributed by atoms with Gasteiger partial charge in [0.15, 0.2) is 0 Å². The fourth-order valence-corrected chi connectivity index (χ4v) is 3.24. The molecule has 0 N–H and O–H groups in total. The van der Waals surface area contributed by atoms with Gasteiger partial charge >= 0.3 is 0 Å². The van der Waals surface area contributed by atoms with Gasteiger partial charge in [-0.25, -0.2) is 0 Å². The van der Waals surface area contributed by atoms with Crippen LogP contribution in [0.15, 0.2) is 18.5 Å². The summed E-state index contributed by atoms with van der Waals surface area (Å²) >= 11 is 6.10. The highest BCUT2D eigenvalue weighted by Crippen LogP contribution is 2.33. The van der Waals surface area contributed by atoms with Gasteiger partial charge in [-0.2, -0.15) is 10.2 Å². The van der Waals surface area contributed by atoms with Crippen molar-refractivity contribution in [2.75, 3.05) is 6.54 Å². The van der Waals surface area contributed by atoms with E-state index in [9.17, 15) is 4.79 Å². The van der Waals surface area contributed by atoms with Crippen molar-refractivity contribution in [2.24, 2.45) is 7.05 Å². The van der Waals surface area contributed by atoms with E-state index in [0.29, 0.717) is 10.7 Å². The zero-order valence-electron chi connectivity index (χ0n) is 12.2. The standard InChI is InChI=1S/C14H18ClN5O/c1-3-20-12(6-7-16-20)11-5-4-8-19(11)14(21)13-10(15)9-17-18(13)2/h6-7,9,11H,3-5,8H2,1-2H3. The predicted molar refractivity (Wildman–Crippen MR) is 79.1 cm³/mol. The SMILES string of the molecule is CCn1nccc1C1CCCN1C(=O)c1c(Cl)cnn1C. The average Bonchev–Trinajstić information content (AvgIpc) is 3.17. The van der Waals surface area contributed by atoms with Gasteiger partial charge in [0, 0.05) is 26.3 Å². The Morgan fingerprint density at radius 1 is 1.48 bits per heavy atom. The van der Waals surface area contributed by atoms with E-state index in [-0.39, 0.29) is 11.9 Å². The third-order valence-corrected chi connectivity index (χ3v) is 4.28. The smallest absolute Gasteiger partial charge is 0.274 e. The van der Waals surface area contributed by atoms with Gasteiger partial charge < -0.3 is 4.90 Å². The second-order valence-corrected chi connectivity index (χ2v) is 5.60. The molecule has 1 saturated heterocycles. The summed E-state index contributed by atoms with van der Waals surface area (Å²) in [6, 6.07) is 2.05. The molecule has 0 aromatic carbocycles. The topological polar surface area (TPSA) is 56.0 Å². The zero-order valence-corrected chi connectivity index (χ0v) is 12.9. The van der Waals surface area contributed by atoms with Gasteiger partial charge in [-0.15, -0.1) is 0 Å². The Labute approximate surface area is 128 Å². The molecule has 2 aromatic rings. The first-order valence-corrected chi connectivity index (χ1v) is 7.51. The molecule has 0 bridgehead atoms. The van der Waals surface area contributed by atoms with Crippen LogP contribution in [0, 0.1) is 0 Å². The fourth-order valence-electron chi connectivity index (χ4n) is 2.99. The number of hydrogen-bond acceptors (Lipinski definition) is 3. The van der Waals surface area contributed by atoms with E-state index in [1.165, 1.54) is 10.9 Å². The van der Waals surface area contributed by atoms with E-state index in [2.05, 4.69) is 17.1 Å². The van der Waals surface area contributed by atoms with Gasteiger partial charge in [-0.1, -0.05) is 11.6 Å². The third kappa shape index (κ3) is 2.33. The molecule has 1 amide bonds. The van der Waals surface area contributed by atoms with Crippen molar-refractivity contribution >= 4 is 17.5 Å². The molecule has 2 aromatic heterocycles. The Kier molecular flexibility index (Phi) is 3.71. The van der Waals surface area contributed by atoms with Crippen molar-refractivity contribution in [3.63, 3.8) is 0 Å². The Morgan fingerprint density at radius 3 is 2.95 bits per heavy atom. The van der Waals surface area contributed by atoms with Crippen LogP contribution in [0.5, 0.6) is 0 Å². The number of carbonyl (C=O) groups excluding carboxylic acids is 1. The molecule has 1 aliphatic heterocycles. The molecule has 6 nitrogen and oxygen atoms in total. The molecule has 0 aliphatic carbocycles. The molecular formula is C14H18ClN5O. The van der Waals surface area contributed by atoms with Crippen LogP contribution in [0.1, 0.15) is 42.0 Å². The molecule has 1 atom stereocenters. The van der Waals surface area contributed by atoms with Crippen LogP contribution >= 0.6 is 11.6 Å². The number of carbonyl (C=O) groups is 1. The summed E-state index contributed by atoms with van der Waals surface area (Å²) in [6.45, 7) is 3.59. The lowest BCUT2D eigenvalue weighted by atomic mass is 10.1. The Bertz CT molecular complexity index is 643. The summed E-state index contributed by atoms with van der Waals surface area (Å²) in [5, 5.41) is 8.76. The van der Waals surface area contributed by atoms with Crippen LogP contribution in [0.3, 0.4) is 0 Å². The maximum absolute atomic E-state index is 12.8. The van der Waals surface area contributed by atoms with E-state index < -0.39 is 0 Å². The fraction of sp³-hybridized carbons (Fsp3) is 0.500.